The maximum absolute atomic E-state index is 11.8. The van der Waals surface area contributed by atoms with E-state index in [4.69, 9.17) is 10.8 Å². The molecule has 0 aromatic rings. The van der Waals surface area contributed by atoms with Gasteiger partial charge in [0.05, 0.1) is 13.0 Å². The lowest BCUT2D eigenvalue weighted by Gasteiger charge is -2.27. The normalized spacial score (nSPS) is 15.9. The number of nitrogens with zero attached hydrogens (tertiary/aromatic N) is 1. The van der Waals surface area contributed by atoms with E-state index < -0.39 is 30.4 Å². The molecule has 118 valence electrons. The van der Waals surface area contributed by atoms with Gasteiger partial charge in [0.15, 0.2) is 0 Å². The van der Waals surface area contributed by atoms with Crippen LogP contribution in [-0.2, 0) is 14.4 Å². The van der Waals surface area contributed by atoms with E-state index >= 15 is 0 Å². The summed E-state index contributed by atoms with van der Waals surface area (Å²) in [4.78, 5) is 46.4. The van der Waals surface area contributed by atoms with Crippen LogP contribution >= 0.6 is 0 Å². The molecule has 0 radical (unpaired) electrons. The van der Waals surface area contributed by atoms with Crippen LogP contribution in [-0.4, -0.2) is 72.6 Å². The number of hydrogen-bond acceptors (Lipinski definition) is 5. The van der Waals surface area contributed by atoms with Crippen LogP contribution in [0.3, 0.4) is 0 Å². The largest absolute Gasteiger partial charge is 0.480 e. The summed E-state index contributed by atoms with van der Waals surface area (Å²) in [6, 6.07) is -2.26. The van der Waals surface area contributed by atoms with E-state index in [1.54, 1.807) is 4.90 Å². The molecule has 6 N–H and O–H groups in total. The first-order chi connectivity index (χ1) is 9.90. The predicted molar refractivity (Wildman–Crippen MR) is 71.2 cm³/mol. The van der Waals surface area contributed by atoms with E-state index in [1.165, 1.54) is 0 Å². The number of carboxylic acid groups (broad SMARTS) is 1. The Morgan fingerprint density at radius 1 is 1.24 bits per heavy atom. The van der Waals surface area contributed by atoms with Crippen molar-refractivity contribution < 1.29 is 24.3 Å². The Balaban J connectivity index is 2.36. The number of rotatable bonds is 6. The van der Waals surface area contributed by atoms with Gasteiger partial charge in [-0.1, -0.05) is 0 Å². The molecule has 1 aliphatic heterocycles. The highest BCUT2D eigenvalue weighted by molar-refractivity contribution is 5.89. The van der Waals surface area contributed by atoms with E-state index in [0.717, 1.165) is 0 Å². The molecular formula is C11H19N5O5. The molecule has 0 aromatic carbocycles. The highest BCUT2D eigenvalue weighted by Crippen LogP contribution is 1.93. The molecule has 0 aliphatic carbocycles. The number of amides is 4. The summed E-state index contributed by atoms with van der Waals surface area (Å²) in [7, 11) is 0. The Labute approximate surface area is 121 Å². The van der Waals surface area contributed by atoms with Crippen molar-refractivity contribution in [2.45, 2.75) is 12.5 Å². The smallest absolute Gasteiger partial charge is 0.326 e. The van der Waals surface area contributed by atoms with Gasteiger partial charge in [0, 0.05) is 26.2 Å². The number of urea groups is 1. The third kappa shape index (κ3) is 6.08. The summed E-state index contributed by atoms with van der Waals surface area (Å²) < 4.78 is 0. The lowest BCUT2D eigenvalue weighted by atomic mass is 10.2. The van der Waals surface area contributed by atoms with Gasteiger partial charge in [0.1, 0.15) is 6.04 Å². The van der Waals surface area contributed by atoms with Crippen molar-refractivity contribution in [2.24, 2.45) is 5.73 Å². The first-order valence-electron chi connectivity index (χ1n) is 6.44. The molecule has 10 nitrogen and oxygen atoms in total. The van der Waals surface area contributed by atoms with Crippen molar-refractivity contribution >= 4 is 23.8 Å². The first-order valence-corrected chi connectivity index (χ1v) is 6.44. The van der Waals surface area contributed by atoms with Gasteiger partial charge in [-0.15, -0.1) is 0 Å². The molecule has 4 amide bonds. The number of nitrogens with one attached hydrogen (secondary N) is 3. The molecule has 1 aliphatic rings. The second-order valence-corrected chi connectivity index (χ2v) is 4.52. The number of aliphatic carboxylic acids is 1. The quantitative estimate of drug-likeness (QED) is 0.353. The third-order valence-corrected chi connectivity index (χ3v) is 2.88. The minimum Gasteiger partial charge on any atom is -0.480 e. The molecule has 0 aromatic heterocycles. The number of carbonyl (C=O) groups excluding carboxylic acids is 3. The molecule has 10 heteroatoms. The summed E-state index contributed by atoms with van der Waals surface area (Å²) in [5, 5.41) is 16.2. The zero-order valence-electron chi connectivity index (χ0n) is 11.4. The molecular weight excluding hydrogens is 282 g/mol. The lowest BCUT2D eigenvalue weighted by Crippen LogP contribution is -2.52. The number of primary amides is 1. The highest BCUT2D eigenvalue weighted by atomic mass is 16.4. The van der Waals surface area contributed by atoms with Crippen molar-refractivity contribution in [3.63, 3.8) is 0 Å². The maximum Gasteiger partial charge on any atom is 0.326 e. The van der Waals surface area contributed by atoms with Crippen LogP contribution in [0.15, 0.2) is 0 Å². The van der Waals surface area contributed by atoms with Gasteiger partial charge in [0.2, 0.25) is 11.8 Å². The SMILES string of the molecule is NC(=O)CC(NC(=O)NCC(=O)N1CCNCC1)C(=O)O. The molecule has 1 rings (SSSR count). The molecule has 0 saturated carbocycles. The van der Waals surface area contributed by atoms with Gasteiger partial charge in [0.25, 0.3) is 0 Å². The van der Waals surface area contributed by atoms with Gasteiger partial charge in [-0.3, -0.25) is 9.59 Å². The van der Waals surface area contributed by atoms with Gasteiger partial charge >= 0.3 is 12.0 Å². The Morgan fingerprint density at radius 3 is 2.38 bits per heavy atom. The summed E-state index contributed by atoms with van der Waals surface area (Å²) in [5.41, 5.74) is 4.89. The van der Waals surface area contributed by atoms with Crippen molar-refractivity contribution in [3.8, 4) is 0 Å². The van der Waals surface area contributed by atoms with Crippen LogP contribution in [0.2, 0.25) is 0 Å². The minimum absolute atomic E-state index is 0.241. The van der Waals surface area contributed by atoms with Crippen molar-refractivity contribution in [3.05, 3.63) is 0 Å². The Hall–Kier alpha value is -2.36. The topological polar surface area (TPSA) is 154 Å². The lowest BCUT2D eigenvalue weighted by molar-refractivity contribution is -0.140. The minimum atomic E-state index is -1.42. The number of nitrogens with two attached hydrogens (primary N) is 1. The first kappa shape index (κ1) is 16.7. The number of carboxylic acids is 1. The number of piperazine rings is 1. The third-order valence-electron chi connectivity index (χ3n) is 2.88. The monoisotopic (exact) mass is 301 g/mol. The van der Waals surface area contributed by atoms with E-state index in [9.17, 15) is 19.2 Å². The summed E-state index contributed by atoms with van der Waals surface area (Å²) >= 11 is 0. The second kappa shape index (κ2) is 8.04. The van der Waals surface area contributed by atoms with Crippen LogP contribution < -0.4 is 21.7 Å². The fraction of sp³-hybridized carbons (Fsp3) is 0.636. The fourth-order valence-electron chi connectivity index (χ4n) is 1.79. The Morgan fingerprint density at radius 2 is 1.86 bits per heavy atom. The molecule has 1 fully saturated rings. The van der Waals surface area contributed by atoms with E-state index in [0.29, 0.717) is 26.2 Å². The Kier molecular flexibility index (Phi) is 6.40. The molecule has 0 bridgehead atoms. The fourth-order valence-corrected chi connectivity index (χ4v) is 1.79. The average Bonchev–Trinajstić information content (AvgIpc) is 2.44. The van der Waals surface area contributed by atoms with Crippen molar-refractivity contribution in [1.29, 1.82) is 0 Å². The zero-order valence-corrected chi connectivity index (χ0v) is 11.4. The van der Waals surface area contributed by atoms with E-state index in [2.05, 4.69) is 16.0 Å². The molecule has 1 atom stereocenters. The average molecular weight is 301 g/mol. The molecule has 0 spiro atoms. The van der Waals surface area contributed by atoms with Crippen LogP contribution in [0, 0.1) is 0 Å². The standard InChI is InChI=1S/C11H19N5O5/c12-8(17)5-7(10(19)20)15-11(21)14-6-9(18)16-3-1-13-2-4-16/h7,13H,1-6H2,(H2,12,17)(H,19,20)(H2,14,15,21). The zero-order chi connectivity index (χ0) is 15.8. The molecule has 1 unspecified atom stereocenters. The van der Waals surface area contributed by atoms with Crippen LogP contribution in [0.5, 0.6) is 0 Å². The summed E-state index contributed by atoms with van der Waals surface area (Å²) in [5.74, 6) is -2.48. The van der Waals surface area contributed by atoms with E-state index in [-0.39, 0.29) is 12.5 Å². The van der Waals surface area contributed by atoms with Crippen molar-refractivity contribution in [2.75, 3.05) is 32.7 Å². The van der Waals surface area contributed by atoms with Gasteiger partial charge in [-0.25, -0.2) is 9.59 Å². The highest BCUT2D eigenvalue weighted by Gasteiger charge is 2.23. The molecule has 1 heterocycles. The maximum atomic E-state index is 11.8. The predicted octanol–water partition coefficient (Wildman–Crippen LogP) is -2.95. The van der Waals surface area contributed by atoms with Gasteiger partial charge in [-0.05, 0) is 0 Å². The molecule has 21 heavy (non-hydrogen) atoms. The number of hydrogen-bond donors (Lipinski definition) is 5. The van der Waals surface area contributed by atoms with Crippen LogP contribution in [0.4, 0.5) is 4.79 Å². The second-order valence-electron chi connectivity index (χ2n) is 4.52. The Bertz CT molecular complexity index is 421. The summed E-state index contributed by atoms with van der Waals surface area (Å²) in [6.07, 6.45) is -0.519. The number of carbonyl (C=O) groups is 4. The molecule has 1 saturated heterocycles. The van der Waals surface area contributed by atoms with Crippen molar-refractivity contribution in [1.82, 2.24) is 20.9 Å². The summed E-state index contributed by atoms with van der Waals surface area (Å²) in [6.45, 7) is 2.26. The van der Waals surface area contributed by atoms with Gasteiger partial charge < -0.3 is 31.7 Å². The van der Waals surface area contributed by atoms with Crippen LogP contribution in [0.1, 0.15) is 6.42 Å². The van der Waals surface area contributed by atoms with E-state index in [1.807, 2.05) is 0 Å². The van der Waals surface area contributed by atoms with Crippen LogP contribution in [0.25, 0.3) is 0 Å². The van der Waals surface area contributed by atoms with Gasteiger partial charge in [-0.2, -0.15) is 0 Å².